The van der Waals surface area contributed by atoms with Crippen LogP contribution in [-0.2, 0) is 20.7 Å². The van der Waals surface area contributed by atoms with E-state index in [4.69, 9.17) is 0 Å². The summed E-state index contributed by atoms with van der Waals surface area (Å²) in [7, 11) is 3.09. The van der Waals surface area contributed by atoms with Crippen molar-refractivity contribution in [2.45, 2.75) is 25.3 Å². The highest BCUT2D eigenvalue weighted by Gasteiger charge is 2.14. The maximum Gasteiger partial charge on any atom is 0.305 e. The second-order valence-corrected chi connectivity index (χ2v) is 4.60. The van der Waals surface area contributed by atoms with Gasteiger partial charge in [0.2, 0.25) is 5.91 Å². The average Bonchev–Trinajstić information content (AvgIpc) is 2.45. The average molecular weight is 315 g/mol. The standard InChI is InChI=1S/C15H22N2O3.ClH/c1-16-11-14(18)17-13(8-9-15(19)20-2)10-12-6-4-3-5-7-12;/h3-7,13,16H,8-11H2,1-2H3,(H,17,18);1H. The van der Waals surface area contributed by atoms with Gasteiger partial charge in [-0.3, -0.25) is 9.59 Å². The van der Waals surface area contributed by atoms with E-state index in [-0.39, 0.29) is 36.9 Å². The molecule has 1 aromatic rings. The van der Waals surface area contributed by atoms with Crippen LogP contribution in [0.3, 0.4) is 0 Å². The van der Waals surface area contributed by atoms with Crippen molar-refractivity contribution < 1.29 is 14.3 Å². The molecule has 1 aromatic carbocycles. The monoisotopic (exact) mass is 314 g/mol. The van der Waals surface area contributed by atoms with Gasteiger partial charge in [-0.05, 0) is 25.5 Å². The Morgan fingerprint density at radius 1 is 1.24 bits per heavy atom. The molecule has 0 bridgehead atoms. The van der Waals surface area contributed by atoms with Gasteiger partial charge in [-0.2, -0.15) is 0 Å². The molecular weight excluding hydrogens is 292 g/mol. The number of likely N-dealkylation sites (N-methyl/N-ethyl adjacent to an activating group) is 1. The number of halogens is 1. The van der Waals surface area contributed by atoms with E-state index in [0.29, 0.717) is 19.3 Å². The third-order valence-corrected chi connectivity index (χ3v) is 2.95. The molecule has 0 fully saturated rings. The van der Waals surface area contributed by atoms with Crippen LogP contribution >= 0.6 is 12.4 Å². The van der Waals surface area contributed by atoms with E-state index in [1.165, 1.54) is 7.11 Å². The van der Waals surface area contributed by atoms with Gasteiger partial charge in [0.1, 0.15) is 0 Å². The van der Waals surface area contributed by atoms with Crippen molar-refractivity contribution in [2.75, 3.05) is 20.7 Å². The molecule has 0 saturated heterocycles. The Morgan fingerprint density at radius 3 is 2.48 bits per heavy atom. The van der Waals surface area contributed by atoms with Gasteiger partial charge in [-0.1, -0.05) is 30.3 Å². The molecule has 1 unspecified atom stereocenters. The largest absolute Gasteiger partial charge is 0.469 e. The van der Waals surface area contributed by atoms with E-state index in [2.05, 4.69) is 15.4 Å². The predicted octanol–water partition coefficient (Wildman–Crippen LogP) is 1.31. The number of esters is 1. The van der Waals surface area contributed by atoms with Crippen LogP contribution in [0.2, 0.25) is 0 Å². The number of hydrogen-bond donors (Lipinski definition) is 2. The van der Waals surface area contributed by atoms with Crippen LogP contribution in [-0.4, -0.2) is 38.6 Å². The molecule has 0 aliphatic heterocycles. The molecule has 2 N–H and O–H groups in total. The van der Waals surface area contributed by atoms with Gasteiger partial charge >= 0.3 is 5.97 Å². The molecule has 1 atom stereocenters. The van der Waals surface area contributed by atoms with Crippen LogP contribution in [0.4, 0.5) is 0 Å². The van der Waals surface area contributed by atoms with Crippen molar-refractivity contribution in [3.63, 3.8) is 0 Å². The molecule has 0 aliphatic carbocycles. The molecule has 1 rings (SSSR count). The van der Waals surface area contributed by atoms with Crippen molar-refractivity contribution in [3.8, 4) is 0 Å². The highest BCUT2D eigenvalue weighted by atomic mass is 35.5. The number of nitrogens with one attached hydrogen (secondary N) is 2. The molecule has 6 heteroatoms. The van der Waals surface area contributed by atoms with E-state index in [0.717, 1.165) is 5.56 Å². The first-order chi connectivity index (χ1) is 9.65. The summed E-state index contributed by atoms with van der Waals surface area (Å²) in [4.78, 5) is 22.9. The van der Waals surface area contributed by atoms with Gasteiger partial charge < -0.3 is 15.4 Å². The SMILES string of the molecule is CNCC(=O)NC(CCC(=O)OC)Cc1ccccc1.Cl. The van der Waals surface area contributed by atoms with Crippen LogP contribution in [0.25, 0.3) is 0 Å². The Balaban J connectivity index is 0.00000400. The lowest BCUT2D eigenvalue weighted by atomic mass is 10.0. The van der Waals surface area contributed by atoms with Crippen molar-refractivity contribution in [2.24, 2.45) is 0 Å². The number of methoxy groups -OCH3 is 1. The fourth-order valence-corrected chi connectivity index (χ4v) is 1.96. The van der Waals surface area contributed by atoms with E-state index in [1.54, 1.807) is 7.05 Å². The van der Waals surface area contributed by atoms with Crippen molar-refractivity contribution in [1.29, 1.82) is 0 Å². The van der Waals surface area contributed by atoms with Gasteiger partial charge in [-0.25, -0.2) is 0 Å². The number of carbonyl (C=O) groups is 2. The minimum absolute atomic E-state index is 0. The van der Waals surface area contributed by atoms with Crippen molar-refractivity contribution >= 4 is 24.3 Å². The Labute approximate surface area is 131 Å². The molecule has 1 amide bonds. The summed E-state index contributed by atoms with van der Waals surface area (Å²) in [6, 6.07) is 9.82. The zero-order valence-electron chi connectivity index (χ0n) is 12.4. The Bertz CT molecular complexity index is 426. The van der Waals surface area contributed by atoms with Gasteiger partial charge in [0.05, 0.1) is 13.7 Å². The van der Waals surface area contributed by atoms with E-state index in [9.17, 15) is 9.59 Å². The van der Waals surface area contributed by atoms with Crippen LogP contribution in [0.15, 0.2) is 30.3 Å². The minimum atomic E-state index is -0.258. The molecule has 0 radical (unpaired) electrons. The molecular formula is C15H23ClN2O3. The lowest BCUT2D eigenvalue weighted by molar-refractivity contribution is -0.141. The Kier molecular flexibility index (Phi) is 10.3. The summed E-state index contributed by atoms with van der Waals surface area (Å²) in [6.45, 7) is 0.267. The first-order valence-electron chi connectivity index (χ1n) is 6.70. The summed E-state index contributed by atoms with van der Waals surface area (Å²) in [5, 5.41) is 5.75. The van der Waals surface area contributed by atoms with Gasteiger partial charge in [0.15, 0.2) is 0 Å². The zero-order chi connectivity index (χ0) is 14.8. The lowest BCUT2D eigenvalue weighted by Gasteiger charge is -2.18. The summed E-state index contributed by atoms with van der Waals surface area (Å²) >= 11 is 0. The van der Waals surface area contributed by atoms with Crippen LogP contribution in [0.5, 0.6) is 0 Å². The third kappa shape index (κ3) is 8.32. The molecule has 0 spiro atoms. The fourth-order valence-electron chi connectivity index (χ4n) is 1.96. The highest BCUT2D eigenvalue weighted by molar-refractivity contribution is 5.85. The fraction of sp³-hybridized carbons (Fsp3) is 0.467. The lowest BCUT2D eigenvalue weighted by Crippen LogP contribution is -2.41. The van der Waals surface area contributed by atoms with E-state index < -0.39 is 0 Å². The third-order valence-electron chi connectivity index (χ3n) is 2.95. The molecule has 0 saturated carbocycles. The Morgan fingerprint density at radius 2 is 1.90 bits per heavy atom. The second-order valence-electron chi connectivity index (χ2n) is 4.60. The van der Waals surface area contributed by atoms with Gasteiger partial charge in [0.25, 0.3) is 0 Å². The quantitative estimate of drug-likeness (QED) is 0.710. The topological polar surface area (TPSA) is 67.4 Å². The smallest absolute Gasteiger partial charge is 0.305 e. The summed E-state index contributed by atoms with van der Waals surface area (Å²) in [5.74, 6) is -0.329. The number of ether oxygens (including phenoxy) is 1. The van der Waals surface area contributed by atoms with Gasteiger partial charge in [-0.15, -0.1) is 12.4 Å². The number of benzene rings is 1. The maximum absolute atomic E-state index is 11.7. The predicted molar refractivity (Wildman–Crippen MR) is 84.5 cm³/mol. The van der Waals surface area contributed by atoms with Crippen molar-refractivity contribution in [1.82, 2.24) is 10.6 Å². The van der Waals surface area contributed by atoms with E-state index >= 15 is 0 Å². The molecule has 21 heavy (non-hydrogen) atoms. The number of carbonyl (C=O) groups excluding carboxylic acids is 2. The molecule has 0 aromatic heterocycles. The Hall–Kier alpha value is -1.59. The van der Waals surface area contributed by atoms with Crippen LogP contribution < -0.4 is 10.6 Å². The number of hydrogen-bond acceptors (Lipinski definition) is 4. The van der Waals surface area contributed by atoms with Crippen LogP contribution in [0.1, 0.15) is 18.4 Å². The minimum Gasteiger partial charge on any atom is -0.469 e. The first kappa shape index (κ1) is 19.4. The first-order valence-corrected chi connectivity index (χ1v) is 6.70. The normalized spacial score (nSPS) is 11.1. The summed E-state index contributed by atoms with van der Waals surface area (Å²) in [5.41, 5.74) is 1.13. The van der Waals surface area contributed by atoms with Gasteiger partial charge in [0, 0.05) is 12.5 Å². The van der Waals surface area contributed by atoms with Crippen LogP contribution in [0, 0.1) is 0 Å². The van der Waals surface area contributed by atoms with Crippen molar-refractivity contribution in [3.05, 3.63) is 35.9 Å². The zero-order valence-corrected chi connectivity index (χ0v) is 13.2. The molecule has 0 heterocycles. The molecule has 0 aliphatic rings. The number of amides is 1. The highest BCUT2D eigenvalue weighted by Crippen LogP contribution is 2.08. The van der Waals surface area contributed by atoms with E-state index in [1.807, 2.05) is 30.3 Å². The maximum atomic E-state index is 11.7. The second kappa shape index (κ2) is 11.1. The number of rotatable bonds is 8. The summed E-state index contributed by atoms with van der Waals surface area (Å²) < 4.78 is 4.64. The molecule has 5 nitrogen and oxygen atoms in total. The summed E-state index contributed by atoms with van der Waals surface area (Å²) in [6.07, 6.45) is 1.57. The molecule has 118 valence electrons.